The Balaban J connectivity index is 4.66. The van der Waals surface area contributed by atoms with Crippen molar-refractivity contribution in [1.82, 2.24) is 5.32 Å². The lowest BCUT2D eigenvalue weighted by molar-refractivity contribution is -0.204. The molecule has 0 spiro atoms. The number of rotatable bonds is 5. The predicted octanol–water partition coefficient (Wildman–Crippen LogP) is 0.794. The highest BCUT2D eigenvalue weighted by molar-refractivity contribution is 5.88. The molecule has 0 aromatic carbocycles. The Kier molecular flexibility index (Phi) is 6.47. The van der Waals surface area contributed by atoms with Gasteiger partial charge in [0.2, 0.25) is 0 Å². The summed E-state index contributed by atoms with van der Waals surface area (Å²) in [5, 5.41) is 2.17. The SMILES string of the molecule is COC(=O)[C@@H](NC(=O)[C@@H](C)OC(=O)C(F)(F)F)C(C)C. The fourth-order valence-corrected chi connectivity index (χ4v) is 1.18. The first kappa shape index (κ1) is 18.2. The third-order valence-corrected chi connectivity index (χ3v) is 2.30. The zero-order valence-electron chi connectivity index (χ0n) is 11.4. The van der Waals surface area contributed by atoms with Gasteiger partial charge in [0.15, 0.2) is 6.10 Å². The summed E-state index contributed by atoms with van der Waals surface area (Å²) >= 11 is 0. The van der Waals surface area contributed by atoms with E-state index in [2.05, 4.69) is 14.8 Å². The van der Waals surface area contributed by atoms with E-state index in [1.165, 1.54) is 0 Å². The molecular formula is C11H16F3NO5. The van der Waals surface area contributed by atoms with Crippen LogP contribution < -0.4 is 5.32 Å². The Morgan fingerprint density at radius 3 is 1.95 bits per heavy atom. The van der Waals surface area contributed by atoms with Gasteiger partial charge in [0.1, 0.15) is 6.04 Å². The lowest BCUT2D eigenvalue weighted by Crippen LogP contribution is -2.49. The maximum atomic E-state index is 12.0. The van der Waals surface area contributed by atoms with Gasteiger partial charge in [-0.1, -0.05) is 13.8 Å². The molecule has 116 valence electrons. The van der Waals surface area contributed by atoms with Crippen molar-refractivity contribution >= 4 is 17.8 Å². The van der Waals surface area contributed by atoms with Gasteiger partial charge in [-0.3, -0.25) is 4.79 Å². The maximum absolute atomic E-state index is 12.0. The summed E-state index contributed by atoms with van der Waals surface area (Å²) in [5.74, 6) is -4.59. The van der Waals surface area contributed by atoms with Gasteiger partial charge in [0, 0.05) is 0 Å². The summed E-state index contributed by atoms with van der Waals surface area (Å²) in [4.78, 5) is 33.5. The molecule has 0 rings (SSSR count). The molecule has 20 heavy (non-hydrogen) atoms. The average molecular weight is 299 g/mol. The Labute approximate surface area is 113 Å². The number of methoxy groups -OCH3 is 1. The van der Waals surface area contributed by atoms with E-state index in [0.717, 1.165) is 14.0 Å². The molecule has 0 saturated carbocycles. The molecule has 0 fully saturated rings. The van der Waals surface area contributed by atoms with Gasteiger partial charge < -0.3 is 14.8 Å². The molecule has 0 aliphatic carbocycles. The standard InChI is InChI=1S/C11H16F3NO5/c1-5(2)7(9(17)19-4)15-8(16)6(3)20-10(18)11(12,13)14/h5-7H,1-4H3,(H,15,16)/t6-,7+/m1/s1. The van der Waals surface area contributed by atoms with Crippen LogP contribution in [0.2, 0.25) is 0 Å². The van der Waals surface area contributed by atoms with Crippen LogP contribution in [0.3, 0.4) is 0 Å². The second kappa shape index (κ2) is 7.11. The third-order valence-electron chi connectivity index (χ3n) is 2.30. The number of nitrogens with one attached hydrogen (secondary N) is 1. The second-order valence-electron chi connectivity index (χ2n) is 4.30. The summed E-state index contributed by atoms with van der Waals surface area (Å²) in [5.41, 5.74) is 0. The molecule has 0 heterocycles. The average Bonchev–Trinajstić information content (AvgIpc) is 2.32. The lowest BCUT2D eigenvalue weighted by Gasteiger charge is -2.22. The molecule has 9 heteroatoms. The molecule has 0 bridgehead atoms. The topological polar surface area (TPSA) is 81.7 Å². The molecule has 0 aromatic heterocycles. The monoisotopic (exact) mass is 299 g/mol. The number of halogens is 3. The van der Waals surface area contributed by atoms with Crippen molar-refractivity contribution in [3.63, 3.8) is 0 Å². The van der Waals surface area contributed by atoms with Crippen LogP contribution in [0.5, 0.6) is 0 Å². The second-order valence-corrected chi connectivity index (χ2v) is 4.30. The number of hydrogen-bond donors (Lipinski definition) is 1. The fraction of sp³-hybridized carbons (Fsp3) is 0.727. The molecule has 0 aromatic rings. The molecule has 6 nitrogen and oxygen atoms in total. The van der Waals surface area contributed by atoms with Crippen LogP contribution in [0.25, 0.3) is 0 Å². The molecule has 2 atom stereocenters. The summed E-state index contributed by atoms with van der Waals surface area (Å²) in [7, 11) is 1.11. The lowest BCUT2D eigenvalue weighted by atomic mass is 10.0. The molecule has 0 radical (unpaired) electrons. The minimum absolute atomic E-state index is 0.350. The minimum Gasteiger partial charge on any atom is -0.467 e. The van der Waals surface area contributed by atoms with Crippen molar-refractivity contribution in [2.75, 3.05) is 7.11 Å². The smallest absolute Gasteiger partial charge is 0.467 e. The Morgan fingerprint density at radius 1 is 1.10 bits per heavy atom. The summed E-state index contributed by atoms with van der Waals surface area (Å²) < 4.78 is 44.3. The highest BCUT2D eigenvalue weighted by Crippen LogP contribution is 2.17. The van der Waals surface area contributed by atoms with E-state index >= 15 is 0 Å². The molecule has 1 amide bonds. The van der Waals surface area contributed by atoms with Gasteiger partial charge in [-0.15, -0.1) is 0 Å². The van der Waals surface area contributed by atoms with Crippen LogP contribution in [0.4, 0.5) is 13.2 Å². The fourth-order valence-electron chi connectivity index (χ4n) is 1.18. The first-order valence-corrected chi connectivity index (χ1v) is 5.66. The zero-order chi connectivity index (χ0) is 16.1. The van der Waals surface area contributed by atoms with Crippen LogP contribution in [0.1, 0.15) is 20.8 Å². The van der Waals surface area contributed by atoms with Crippen molar-refractivity contribution in [3.8, 4) is 0 Å². The van der Waals surface area contributed by atoms with Crippen molar-refractivity contribution in [2.24, 2.45) is 5.92 Å². The number of carbonyl (C=O) groups is 3. The predicted molar refractivity (Wildman–Crippen MR) is 60.4 cm³/mol. The minimum atomic E-state index is -5.19. The van der Waals surface area contributed by atoms with Crippen LogP contribution in [0.15, 0.2) is 0 Å². The van der Waals surface area contributed by atoms with Crippen LogP contribution >= 0.6 is 0 Å². The van der Waals surface area contributed by atoms with Crippen molar-refractivity contribution in [3.05, 3.63) is 0 Å². The molecule has 0 aliphatic rings. The summed E-state index contributed by atoms with van der Waals surface area (Å²) in [6, 6.07) is -1.04. The van der Waals surface area contributed by atoms with Crippen molar-refractivity contribution in [1.29, 1.82) is 0 Å². The molecule has 0 unspecified atom stereocenters. The number of esters is 2. The quantitative estimate of drug-likeness (QED) is 0.759. The number of carbonyl (C=O) groups excluding carboxylic acids is 3. The van der Waals surface area contributed by atoms with E-state index in [-0.39, 0.29) is 5.92 Å². The summed E-state index contributed by atoms with van der Waals surface area (Å²) in [6.45, 7) is 4.18. The van der Waals surface area contributed by atoms with Gasteiger partial charge in [-0.05, 0) is 12.8 Å². The first-order valence-electron chi connectivity index (χ1n) is 5.66. The van der Waals surface area contributed by atoms with Crippen LogP contribution in [0, 0.1) is 5.92 Å². The summed E-state index contributed by atoms with van der Waals surface area (Å²) in [6.07, 6.45) is -6.87. The van der Waals surface area contributed by atoms with Gasteiger partial charge in [0.25, 0.3) is 5.91 Å². The van der Waals surface area contributed by atoms with E-state index in [1.807, 2.05) is 0 Å². The van der Waals surface area contributed by atoms with E-state index in [0.29, 0.717) is 0 Å². The Bertz CT molecular complexity index is 381. The maximum Gasteiger partial charge on any atom is 0.490 e. The highest BCUT2D eigenvalue weighted by atomic mass is 19.4. The zero-order valence-corrected chi connectivity index (χ0v) is 11.4. The van der Waals surface area contributed by atoms with E-state index in [1.54, 1.807) is 13.8 Å². The highest BCUT2D eigenvalue weighted by Gasteiger charge is 2.42. The van der Waals surface area contributed by atoms with E-state index in [4.69, 9.17) is 0 Å². The van der Waals surface area contributed by atoms with Gasteiger partial charge in [-0.2, -0.15) is 13.2 Å². The number of ether oxygens (including phenoxy) is 2. The van der Waals surface area contributed by atoms with E-state index < -0.39 is 36.2 Å². The first-order chi connectivity index (χ1) is 9.00. The number of alkyl halides is 3. The van der Waals surface area contributed by atoms with Crippen molar-refractivity contribution in [2.45, 2.75) is 39.1 Å². The Morgan fingerprint density at radius 2 is 1.60 bits per heavy atom. The third kappa shape index (κ3) is 5.45. The van der Waals surface area contributed by atoms with Crippen LogP contribution in [-0.4, -0.2) is 43.3 Å². The number of hydrogen-bond acceptors (Lipinski definition) is 5. The van der Waals surface area contributed by atoms with Gasteiger partial charge >= 0.3 is 18.1 Å². The Hall–Kier alpha value is -1.80. The molecule has 1 N–H and O–H groups in total. The van der Waals surface area contributed by atoms with Gasteiger partial charge in [-0.25, -0.2) is 9.59 Å². The molecular weight excluding hydrogens is 283 g/mol. The largest absolute Gasteiger partial charge is 0.490 e. The molecule has 0 saturated heterocycles. The number of amides is 1. The molecule has 0 aliphatic heterocycles. The van der Waals surface area contributed by atoms with Gasteiger partial charge in [0.05, 0.1) is 7.11 Å². The van der Waals surface area contributed by atoms with E-state index in [9.17, 15) is 27.6 Å². The normalized spacial score (nSPS) is 14.4. The van der Waals surface area contributed by atoms with Crippen LogP contribution in [-0.2, 0) is 23.9 Å². The van der Waals surface area contributed by atoms with Crippen molar-refractivity contribution < 1.29 is 37.0 Å².